The van der Waals surface area contributed by atoms with Crippen LogP contribution in [0.25, 0.3) is 6.08 Å². The Labute approximate surface area is 156 Å². The van der Waals surface area contributed by atoms with Gasteiger partial charge in [0, 0.05) is 0 Å². The lowest BCUT2D eigenvalue weighted by Gasteiger charge is -2.19. The fourth-order valence-corrected chi connectivity index (χ4v) is 2.07. The van der Waals surface area contributed by atoms with Crippen molar-refractivity contribution in [2.75, 3.05) is 7.11 Å². The number of allylic oxidation sites excluding steroid dienone is 1. The SMILES string of the molecule is COc1cc(/C=C(\C#N)C(=O)c2ccco2)ccc1OC(=O)OC(C)(C)C. The van der Waals surface area contributed by atoms with Crippen molar-refractivity contribution in [3.05, 3.63) is 53.5 Å². The van der Waals surface area contributed by atoms with E-state index in [1.807, 2.05) is 6.07 Å². The monoisotopic (exact) mass is 369 g/mol. The van der Waals surface area contributed by atoms with E-state index in [1.54, 1.807) is 32.9 Å². The van der Waals surface area contributed by atoms with E-state index >= 15 is 0 Å². The number of carbonyl (C=O) groups is 2. The van der Waals surface area contributed by atoms with Crippen LogP contribution in [-0.2, 0) is 4.74 Å². The largest absolute Gasteiger partial charge is 0.514 e. The third-order valence-electron chi connectivity index (χ3n) is 3.19. The summed E-state index contributed by atoms with van der Waals surface area (Å²) in [4.78, 5) is 24.1. The Balaban J connectivity index is 2.25. The number of hydrogen-bond donors (Lipinski definition) is 0. The third-order valence-corrected chi connectivity index (χ3v) is 3.19. The number of benzene rings is 1. The van der Waals surface area contributed by atoms with Gasteiger partial charge in [-0.1, -0.05) is 6.07 Å². The summed E-state index contributed by atoms with van der Waals surface area (Å²) in [6.07, 6.45) is 1.88. The Morgan fingerprint density at radius 3 is 2.48 bits per heavy atom. The van der Waals surface area contributed by atoms with Crippen LogP contribution in [0, 0.1) is 11.3 Å². The summed E-state index contributed by atoms with van der Waals surface area (Å²) in [5.41, 5.74) is -0.284. The van der Waals surface area contributed by atoms with E-state index in [-0.39, 0.29) is 22.8 Å². The molecule has 1 aromatic heterocycles. The van der Waals surface area contributed by atoms with Gasteiger partial charge in [-0.25, -0.2) is 4.79 Å². The lowest BCUT2D eigenvalue weighted by atomic mass is 10.1. The molecule has 0 fully saturated rings. The summed E-state index contributed by atoms with van der Waals surface area (Å²) in [7, 11) is 1.41. The van der Waals surface area contributed by atoms with Gasteiger partial charge in [-0.3, -0.25) is 4.79 Å². The molecule has 7 nitrogen and oxygen atoms in total. The Morgan fingerprint density at radius 1 is 1.19 bits per heavy atom. The fourth-order valence-electron chi connectivity index (χ4n) is 2.07. The Morgan fingerprint density at radius 2 is 1.93 bits per heavy atom. The smallest absolute Gasteiger partial charge is 0.493 e. The van der Waals surface area contributed by atoms with Crippen LogP contribution in [0.5, 0.6) is 11.5 Å². The molecule has 0 atom stereocenters. The Bertz CT molecular complexity index is 898. The van der Waals surface area contributed by atoms with E-state index in [1.165, 1.54) is 37.6 Å². The molecule has 0 unspecified atom stereocenters. The molecule has 7 heteroatoms. The zero-order valence-electron chi connectivity index (χ0n) is 15.4. The first kappa shape index (κ1) is 19.8. The number of methoxy groups -OCH3 is 1. The van der Waals surface area contributed by atoms with Gasteiger partial charge in [-0.15, -0.1) is 0 Å². The molecular formula is C20H19NO6. The van der Waals surface area contributed by atoms with Gasteiger partial charge in [0.05, 0.1) is 13.4 Å². The molecule has 140 valence electrons. The van der Waals surface area contributed by atoms with Crippen molar-refractivity contribution in [2.24, 2.45) is 0 Å². The van der Waals surface area contributed by atoms with Gasteiger partial charge in [-0.2, -0.15) is 5.26 Å². The molecule has 0 radical (unpaired) electrons. The molecule has 1 aromatic carbocycles. The first-order valence-corrected chi connectivity index (χ1v) is 8.02. The van der Waals surface area contributed by atoms with Crippen molar-refractivity contribution >= 4 is 18.0 Å². The Kier molecular flexibility index (Phi) is 6.03. The number of Topliss-reactive ketones (excluding diaryl/α,β-unsaturated/α-hetero) is 1. The molecule has 2 rings (SSSR count). The van der Waals surface area contributed by atoms with E-state index < -0.39 is 17.5 Å². The minimum Gasteiger partial charge on any atom is -0.493 e. The normalized spacial score (nSPS) is 11.4. The minimum absolute atomic E-state index is 0.0691. The summed E-state index contributed by atoms with van der Waals surface area (Å²) in [5.74, 6) is -0.0627. The van der Waals surface area contributed by atoms with Crippen LogP contribution in [0.1, 0.15) is 36.9 Å². The number of furan rings is 1. The van der Waals surface area contributed by atoms with E-state index in [0.29, 0.717) is 5.56 Å². The van der Waals surface area contributed by atoms with Crippen molar-refractivity contribution < 1.29 is 28.2 Å². The van der Waals surface area contributed by atoms with Gasteiger partial charge < -0.3 is 18.6 Å². The molecule has 1 heterocycles. The van der Waals surface area contributed by atoms with Gasteiger partial charge in [0.2, 0.25) is 5.78 Å². The highest BCUT2D eigenvalue weighted by Gasteiger charge is 2.20. The second kappa shape index (κ2) is 8.23. The molecule has 0 aliphatic carbocycles. The highest BCUT2D eigenvalue weighted by Crippen LogP contribution is 2.30. The molecular weight excluding hydrogens is 350 g/mol. The maximum Gasteiger partial charge on any atom is 0.514 e. The van der Waals surface area contributed by atoms with E-state index in [2.05, 4.69) is 0 Å². The average Bonchev–Trinajstić information content (AvgIpc) is 3.13. The lowest BCUT2D eigenvalue weighted by molar-refractivity contribution is 0.0201. The molecule has 2 aromatic rings. The van der Waals surface area contributed by atoms with Crippen LogP contribution in [0.2, 0.25) is 0 Å². The molecule has 0 spiro atoms. The molecule has 0 aliphatic rings. The molecule has 0 saturated heterocycles. The van der Waals surface area contributed by atoms with E-state index in [4.69, 9.17) is 18.6 Å². The van der Waals surface area contributed by atoms with E-state index in [9.17, 15) is 14.9 Å². The van der Waals surface area contributed by atoms with Gasteiger partial charge in [0.15, 0.2) is 17.3 Å². The van der Waals surface area contributed by atoms with Gasteiger partial charge >= 0.3 is 6.16 Å². The predicted molar refractivity (Wildman–Crippen MR) is 96.5 cm³/mol. The lowest BCUT2D eigenvalue weighted by Crippen LogP contribution is -2.26. The number of rotatable bonds is 5. The summed E-state index contributed by atoms with van der Waals surface area (Å²) < 4.78 is 20.5. The standard InChI is InChI=1S/C20H19NO6/c1-20(2,3)27-19(23)26-15-8-7-13(11-17(15)24-4)10-14(12-21)18(22)16-6-5-9-25-16/h5-11H,1-4H3/b14-10+. The van der Waals surface area contributed by atoms with Crippen molar-refractivity contribution in [1.29, 1.82) is 5.26 Å². The second-order valence-corrected chi connectivity index (χ2v) is 6.45. The van der Waals surface area contributed by atoms with Gasteiger partial charge in [-0.05, 0) is 56.7 Å². The van der Waals surface area contributed by atoms with Crippen molar-refractivity contribution in [1.82, 2.24) is 0 Å². The average molecular weight is 369 g/mol. The van der Waals surface area contributed by atoms with Crippen LogP contribution in [0.15, 0.2) is 46.6 Å². The predicted octanol–water partition coefficient (Wildman–Crippen LogP) is 4.39. The number of nitriles is 1. The van der Waals surface area contributed by atoms with E-state index in [0.717, 1.165) is 0 Å². The Hall–Kier alpha value is -3.53. The van der Waals surface area contributed by atoms with Crippen molar-refractivity contribution in [2.45, 2.75) is 26.4 Å². The van der Waals surface area contributed by atoms with Crippen LogP contribution in [0.3, 0.4) is 0 Å². The van der Waals surface area contributed by atoms with Gasteiger partial charge in [0.25, 0.3) is 0 Å². The quantitative estimate of drug-likeness (QED) is 0.253. The number of hydrogen-bond acceptors (Lipinski definition) is 7. The zero-order chi connectivity index (χ0) is 20.0. The molecule has 0 saturated carbocycles. The summed E-state index contributed by atoms with van der Waals surface area (Å²) in [5, 5.41) is 9.27. The highest BCUT2D eigenvalue weighted by molar-refractivity contribution is 6.12. The first-order valence-electron chi connectivity index (χ1n) is 8.02. The fraction of sp³-hybridized carbons (Fsp3) is 0.250. The van der Waals surface area contributed by atoms with Crippen LogP contribution >= 0.6 is 0 Å². The molecule has 0 amide bonds. The van der Waals surface area contributed by atoms with Crippen LogP contribution in [0.4, 0.5) is 4.79 Å². The number of ether oxygens (including phenoxy) is 3. The summed E-state index contributed by atoms with van der Waals surface area (Å²) >= 11 is 0. The molecule has 0 aliphatic heterocycles. The maximum atomic E-state index is 12.2. The number of nitrogens with zero attached hydrogens (tertiary/aromatic N) is 1. The summed E-state index contributed by atoms with van der Waals surface area (Å²) in [6.45, 7) is 5.16. The maximum absolute atomic E-state index is 12.2. The highest BCUT2D eigenvalue weighted by atomic mass is 16.7. The molecule has 27 heavy (non-hydrogen) atoms. The van der Waals surface area contributed by atoms with Crippen LogP contribution < -0.4 is 9.47 Å². The molecule has 0 bridgehead atoms. The minimum atomic E-state index is -0.866. The third kappa shape index (κ3) is 5.47. The van der Waals surface area contributed by atoms with Crippen molar-refractivity contribution in [3.8, 4) is 17.6 Å². The zero-order valence-corrected chi connectivity index (χ0v) is 15.4. The van der Waals surface area contributed by atoms with Crippen molar-refractivity contribution in [3.63, 3.8) is 0 Å². The van der Waals surface area contributed by atoms with Gasteiger partial charge in [0.1, 0.15) is 17.2 Å². The second-order valence-electron chi connectivity index (χ2n) is 6.45. The summed E-state index contributed by atoms with van der Waals surface area (Å²) in [6, 6.07) is 9.50. The first-order chi connectivity index (χ1) is 12.7. The topological polar surface area (TPSA) is 98.8 Å². The van der Waals surface area contributed by atoms with Crippen LogP contribution in [-0.4, -0.2) is 24.6 Å². The number of carbonyl (C=O) groups excluding carboxylic acids is 2. The number of ketones is 1. The molecule has 0 N–H and O–H groups in total.